The number of nitrogens with one attached hydrogen (secondary N) is 1. The largest absolute Gasteiger partial charge is 0.368 e. The highest BCUT2D eigenvalue weighted by Crippen LogP contribution is 2.34. The van der Waals surface area contributed by atoms with Gasteiger partial charge in [-0.1, -0.05) is 29.3 Å². The van der Waals surface area contributed by atoms with E-state index in [1.165, 1.54) is 12.3 Å². The van der Waals surface area contributed by atoms with Crippen LogP contribution in [0.2, 0.25) is 10.0 Å². The Morgan fingerprint density at radius 1 is 1.12 bits per heavy atom. The minimum atomic E-state index is -0.391. The molecule has 1 amide bonds. The number of halogens is 2. The van der Waals surface area contributed by atoms with Crippen LogP contribution in [0.1, 0.15) is 6.92 Å². The van der Waals surface area contributed by atoms with Crippen molar-refractivity contribution in [2.24, 2.45) is 0 Å². The lowest BCUT2D eigenvalue weighted by atomic mass is 10.1. The van der Waals surface area contributed by atoms with Crippen LogP contribution in [0.3, 0.4) is 0 Å². The van der Waals surface area contributed by atoms with E-state index in [0.717, 1.165) is 11.1 Å². The van der Waals surface area contributed by atoms with Crippen LogP contribution in [0.25, 0.3) is 10.8 Å². The van der Waals surface area contributed by atoms with Crippen LogP contribution in [0.15, 0.2) is 48.8 Å². The molecule has 0 aliphatic carbocycles. The number of aromatic nitrogens is 1. The van der Waals surface area contributed by atoms with Gasteiger partial charge in [-0.15, -0.1) is 0 Å². The lowest BCUT2D eigenvalue weighted by Crippen LogP contribution is -2.52. The fourth-order valence-electron chi connectivity index (χ4n) is 3.95. The predicted molar refractivity (Wildman–Crippen MR) is 127 cm³/mol. The molecule has 0 bridgehead atoms. The number of carbonyl (C=O) groups is 1. The molecule has 3 aromatic rings. The second kappa shape index (κ2) is 9.28. The van der Waals surface area contributed by atoms with Gasteiger partial charge in [-0.25, -0.2) is 0 Å². The standard InChI is InChI=1S/C22H21Cl2N5O3/c1-14(22(30)26-18-4-2-3-17(23)21(18)24)27-9-11-28(12-10-27)19-5-6-20(29(31)32)16-13-25-8-7-15(16)19/h2-8,13-14H,9-12H2,1H3,(H,26,30)/t14-/m0/s1. The van der Waals surface area contributed by atoms with E-state index in [1.54, 1.807) is 36.5 Å². The lowest BCUT2D eigenvalue weighted by Gasteiger charge is -2.39. The summed E-state index contributed by atoms with van der Waals surface area (Å²) in [6.07, 6.45) is 3.17. The minimum absolute atomic E-state index is 0.0421. The number of non-ortho nitro benzene ring substituents is 1. The Hall–Kier alpha value is -2.94. The monoisotopic (exact) mass is 473 g/mol. The van der Waals surface area contributed by atoms with Crippen molar-refractivity contribution in [3.63, 3.8) is 0 Å². The van der Waals surface area contributed by atoms with Gasteiger partial charge in [-0.3, -0.25) is 24.8 Å². The van der Waals surface area contributed by atoms with E-state index in [1.807, 2.05) is 6.92 Å². The van der Waals surface area contributed by atoms with Crippen LogP contribution in [0, 0.1) is 10.1 Å². The summed E-state index contributed by atoms with van der Waals surface area (Å²) >= 11 is 12.2. The molecule has 10 heteroatoms. The number of piperazine rings is 1. The van der Waals surface area contributed by atoms with E-state index in [-0.39, 0.29) is 17.6 Å². The zero-order valence-corrected chi connectivity index (χ0v) is 18.8. The van der Waals surface area contributed by atoms with Gasteiger partial charge in [0, 0.05) is 55.7 Å². The molecular formula is C22H21Cl2N5O3. The summed E-state index contributed by atoms with van der Waals surface area (Å²) in [5.41, 5.74) is 1.46. The average Bonchev–Trinajstić information content (AvgIpc) is 2.80. The fourth-order valence-corrected chi connectivity index (χ4v) is 4.30. The first kappa shape index (κ1) is 22.3. The van der Waals surface area contributed by atoms with E-state index < -0.39 is 4.92 Å². The number of nitro groups is 1. The quantitative estimate of drug-likeness (QED) is 0.430. The first-order chi connectivity index (χ1) is 15.4. The number of nitro benzene ring substituents is 1. The SMILES string of the molecule is C[C@@H](C(=O)Nc1cccc(Cl)c1Cl)N1CCN(c2ccc([N+](=O)[O-])c3cnccc23)CC1. The van der Waals surface area contributed by atoms with Crippen LogP contribution in [0.5, 0.6) is 0 Å². The molecule has 1 atom stereocenters. The number of pyridine rings is 1. The minimum Gasteiger partial charge on any atom is -0.368 e. The summed E-state index contributed by atoms with van der Waals surface area (Å²) in [6.45, 7) is 4.56. The molecule has 1 aliphatic rings. The van der Waals surface area contributed by atoms with Crippen molar-refractivity contribution in [2.75, 3.05) is 36.4 Å². The molecule has 1 fully saturated rings. The molecule has 166 valence electrons. The van der Waals surface area contributed by atoms with Gasteiger partial charge in [0.05, 0.1) is 32.1 Å². The van der Waals surface area contributed by atoms with Crippen molar-refractivity contribution in [1.29, 1.82) is 0 Å². The summed E-state index contributed by atoms with van der Waals surface area (Å²) in [4.78, 5) is 32.1. The Morgan fingerprint density at radius 3 is 2.59 bits per heavy atom. The number of nitrogens with zero attached hydrogens (tertiary/aromatic N) is 4. The van der Waals surface area contributed by atoms with Crippen LogP contribution >= 0.6 is 23.2 Å². The molecule has 0 unspecified atom stereocenters. The second-order valence-corrected chi connectivity index (χ2v) is 8.36. The third-order valence-corrected chi connectivity index (χ3v) is 6.58. The smallest absolute Gasteiger partial charge is 0.278 e. The maximum Gasteiger partial charge on any atom is 0.278 e. The maximum absolute atomic E-state index is 12.8. The number of benzene rings is 2. The van der Waals surface area contributed by atoms with E-state index in [2.05, 4.69) is 20.1 Å². The van der Waals surface area contributed by atoms with Gasteiger partial charge in [0.2, 0.25) is 5.91 Å². The number of fused-ring (bicyclic) bond motifs is 1. The Bertz CT molecular complexity index is 1180. The normalized spacial score (nSPS) is 15.5. The van der Waals surface area contributed by atoms with E-state index in [0.29, 0.717) is 47.3 Å². The Labute approximate surface area is 194 Å². The third-order valence-electron chi connectivity index (χ3n) is 5.76. The molecule has 4 rings (SSSR count). The summed E-state index contributed by atoms with van der Waals surface area (Å²) in [5.74, 6) is -0.158. The van der Waals surface area contributed by atoms with Crippen LogP contribution in [0.4, 0.5) is 17.1 Å². The zero-order chi connectivity index (χ0) is 22.8. The average molecular weight is 474 g/mol. The number of anilines is 2. The fraction of sp³-hybridized carbons (Fsp3) is 0.273. The lowest BCUT2D eigenvalue weighted by molar-refractivity contribution is -0.383. The highest BCUT2D eigenvalue weighted by Gasteiger charge is 2.27. The molecule has 0 radical (unpaired) electrons. The van der Waals surface area contributed by atoms with Gasteiger partial charge in [0.1, 0.15) is 0 Å². The van der Waals surface area contributed by atoms with Gasteiger partial charge in [0.25, 0.3) is 5.69 Å². The highest BCUT2D eigenvalue weighted by atomic mass is 35.5. The van der Waals surface area contributed by atoms with Crippen molar-refractivity contribution >= 4 is 56.9 Å². The Balaban J connectivity index is 1.45. The van der Waals surface area contributed by atoms with Gasteiger partial charge >= 0.3 is 0 Å². The topological polar surface area (TPSA) is 91.6 Å². The summed E-state index contributed by atoms with van der Waals surface area (Å²) < 4.78 is 0. The zero-order valence-electron chi connectivity index (χ0n) is 17.3. The molecule has 2 aromatic carbocycles. The predicted octanol–water partition coefficient (Wildman–Crippen LogP) is 4.60. The first-order valence-electron chi connectivity index (χ1n) is 10.1. The highest BCUT2D eigenvalue weighted by molar-refractivity contribution is 6.44. The molecular weight excluding hydrogens is 453 g/mol. The summed E-state index contributed by atoms with van der Waals surface area (Å²) in [5, 5.41) is 16.2. The maximum atomic E-state index is 12.8. The van der Waals surface area contributed by atoms with Crippen molar-refractivity contribution in [1.82, 2.24) is 9.88 Å². The van der Waals surface area contributed by atoms with E-state index in [9.17, 15) is 14.9 Å². The molecule has 1 N–H and O–H groups in total. The number of rotatable bonds is 5. The molecule has 8 nitrogen and oxygen atoms in total. The molecule has 0 spiro atoms. The first-order valence-corrected chi connectivity index (χ1v) is 10.9. The molecule has 2 heterocycles. The van der Waals surface area contributed by atoms with Crippen molar-refractivity contribution < 1.29 is 9.72 Å². The molecule has 1 saturated heterocycles. The van der Waals surface area contributed by atoms with Crippen LogP contribution in [-0.4, -0.2) is 52.9 Å². The molecule has 32 heavy (non-hydrogen) atoms. The molecule has 1 aliphatic heterocycles. The van der Waals surface area contributed by atoms with E-state index in [4.69, 9.17) is 23.2 Å². The number of hydrogen-bond acceptors (Lipinski definition) is 6. The van der Waals surface area contributed by atoms with E-state index >= 15 is 0 Å². The van der Waals surface area contributed by atoms with Crippen molar-refractivity contribution in [3.8, 4) is 0 Å². The Kier molecular flexibility index (Phi) is 6.45. The summed E-state index contributed by atoms with van der Waals surface area (Å²) in [6, 6.07) is 9.87. The number of amides is 1. The van der Waals surface area contributed by atoms with Gasteiger partial charge in [-0.05, 0) is 31.2 Å². The molecule has 1 aromatic heterocycles. The summed E-state index contributed by atoms with van der Waals surface area (Å²) in [7, 11) is 0. The van der Waals surface area contributed by atoms with Crippen LogP contribution in [-0.2, 0) is 4.79 Å². The molecule has 0 saturated carbocycles. The Morgan fingerprint density at radius 2 is 1.88 bits per heavy atom. The van der Waals surface area contributed by atoms with Crippen molar-refractivity contribution in [2.45, 2.75) is 13.0 Å². The van der Waals surface area contributed by atoms with Gasteiger partial charge in [-0.2, -0.15) is 0 Å². The number of carbonyl (C=O) groups excluding carboxylic acids is 1. The number of hydrogen-bond donors (Lipinski definition) is 1. The van der Waals surface area contributed by atoms with Gasteiger partial charge in [0.15, 0.2) is 0 Å². The van der Waals surface area contributed by atoms with Crippen molar-refractivity contribution in [3.05, 3.63) is 69.0 Å². The third kappa shape index (κ3) is 4.34. The second-order valence-electron chi connectivity index (χ2n) is 7.57. The van der Waals surface area contributed by atoms with Crippen LogP contribution < -0.4 is 10.2 Å². The van der Waals surface area contributed by atoms with Gasteiger partial charge < -0.3 is 10.2 Å².